The molecule has 1 aliphatic heterocycles. The number of nitrogens with one attached hydrogen (secondary N) is 1. The maximum Gasteiger partial charge on any atom is 0.306 e. The summed E-state index contributed by atoms with van der Waals surface area (Å²) in [6.45, 7) is 6.35. The van der Waals surface area contributed by atoms with E-state index in [4.69, 9.17) is 5.11 Å². The van der Waals surface area contributed by atoms with E-state index in [1.165, 1.54) is 6.42 Å². The zero-order valence-corrected chi connectivity index (χ0v) is 20.4. The zero-order valence-electron chi connectivity index (χ0n) is 20.4. The largest absolute Gasteiger partial charge is 0.481 e. The summed E-state index contributed by atoms with van der Waals surface area (Å²) in [5.74, 6) is -0.274. The Morgan fingerprint density at radius 2 is 1.74 bits per heavy atom. The molecule has 2 aromatic heterocycles. The highest BCUT2D eigenvalue weighted by molar-refractivity contribution is 5.91. The fourth-order valence-corrected chi connectivity index (χ4v) is 5.79. The number of carbonyl (C=O) groups excluding carboxylic acids is 1. The first-order valence-corrected chi connectivity index (χ1v) is 12.5. The Morgan fingerprint density at radius 3 is 2.31 bits per heavy atom. The normalized spacial score (nSPS) is 27.0. The summed E-state index contributed by atoms with van der Waals surface area (Å²) < 4.78 is 1.72. The predicted octanol–water partition coefficient (Wildman–Crippen LogP) is 3.94. The van der Waals surface area contributed by atoms with Crippen molar-refractivity contribution in [2.45, 2.75) is 52.0 Å². The number of carbonyl (C=O) groups is 2. The van der Waals surface area contributed by atoms with E-state index in [1.807, 2.05) is 49.5 Å². The number of hydrogen-bond acceptors (Lipinski definition) is 5. The van der Waals surface area contributed by atoms with Gasteiger partial charge in [-0.3, -0.25) is 9.59 Å². The number of hydrogen-bond donors (Lipinski definition) is 2. The van der Waals surface area contributed by atoms with Crippen LogP contribution >= 0.6 is 0 Å². The molecule has 35 heavy (non-hydrogen) atoms. The minimum atomic E-state index is -0.699. The van der Waals surface area contributed by atoms with Crippen LogP contribution in [0.15, 0.2) is 48.7 Å². The molecular formula is C27H33N5O3. The van der Waals surface area contributed by atoms with Crippen LogP contribution in [0.25, 0.3) is 5.65 Å². The predicted molar refractivity (Wildman–Crippen MR) is 133 cm³/mol. The van der Waals surface area contributed by atoms with E-state index in [0.29, 0.717) is 11.6 Å². The summed E-state index contributed by atoms with van der Waals surface area (Å²) in [4.78, 5) is 30.5. The van der Waals surface area contributed by atoms with Gasteiger partial charge in [-0.25, -0.2) is 9.50 Å². The highest BCUT2D eigenvalue weighted by Crippen LogP contribution is 2.58. The van der Waals surface area contributed by atoms with Gasteiger partial charge in [0, 0.05) is 19.1 Å². The van der Waals surface area contributed by atoms with Crippen molar-refractivity contribution in [3.8, 4) is 0 Å². The van der Waals surface area contributed by atoms with Gasteiger partial charge in [-0.15, -0.1) is 5.10 Å². The van der Waals surface area contributed by atoms with Crippen LogP contribution in [0.1, 0.15) is 55.2 Å². The van der Waals surface area contributed by atoms with Gasteiger partial charge in [0.15, 0.2) is 5.65 Å². The fraction of sp³-hybridized carbons (Fsp3) is 0.481. The van der Waals surface area contributed by atoms with Crippen LogP contribution < -0.4 is 10.2 Å². The third-order valence-corrected chi connectivity index (χ3v) is 7.66. The van der Waals surface area contributed by atoms with Crippen LogP contribution in [-0.2, 0) is 4.79 Å². The van der Waals surface area contributed by atoms with Crippen molar-refractivity contribution >= 4 is 23.2 Å². The van der Waals surface area contributed by atoms with Crippen LogP contribution in [-0.4, -0.2) is 50.7 Å². The van der Waals surface area contributed by atoms with Crippen molar-refractivity contribution in [3.63, 3.8) is 0 Å². The van der Waals surface area contributed by atoms with E-state index in [1.54, 1.807) is 4.52 Å². The number of benzene rings is 1. The van der Waals surface area contributed by atoms with E-state index in [2.05, 4.69) is 33.3 Å². The molecule has 1 saturated heterocycles. The van der Waals surface area contributed by atoms with Crippen LogP contribution in [0.3, 0.4) is 0 Å². The second kappa shape index (κ2) is 9.32. The number of amides is 1. The molecule has 3 fully saturated rings. The lowest BCUT2D eigenvalue weighted by Gasteiger charge is -2.56. The van der Waals surface area contributed by atoms with Gasteiger partial charge in [0.2, 0.25) is 5.82 Å². The molecule has 184 valence electrons. The SMILES string of the molecule is Cc1cc(N2CCC(C)C2)cn2nc(C(=O)NC3CC4(C3)CC(C(=O)O)C4)nc12.c1ccccc1. The minimum absolute atomic E-state index is 0.0894. The Kier molecular flexibility index (Phi) is 6.21. The van der Waals surface area contributed by atoms with Gasteiger partial charge in [-0.1, -0.05) is 43.3 Å². The van der Waals surface area contributed by atoms with Crippen LogP contribution in [0.5, 0.6) is 0 Å². The van der Waals surface area contributed by atoms with Gasteiger partial charge in [0.1, 0.15) is 0 Å². The van der Waals surface area contributed by atoms with Crippen molar-refractivity contribution in [2.75, 3.05) is 18.0 Å². The van der Waals surface area contributed by atoms with Crippen molar-refractivity contribution in [3.05, 3.63) is 60.0 Å². The molecule has 0 radical (unpaired) electrons. The lowest BCUT2D eigenvalue weighted by atomic mass is 9.50. The Morgan fingerprint density at radius 1 is 1.09 bits per heavy atom. The average Bonchev–Trinajstić information content (AvgIpc) is 3.42. The molecule has 6 rings (SSSR count). The number of carboxylic acid groups (broad SMARTS) is 1. The van der Waals surface area contributed by atoms with E-state index in [9.17, 15) is 9.59 Å². The van der Waals surface area contributed by atoms with Crippen molar-refractivity contribution in [1.29, 1.82) is 0 Å². The van der Waals surface area contributed by atoms with Crippen molar-refractivity contribution in [2.24, 2.45) is 17.3 Å². The molecule has 2 N–H and O–H groups in total. The smallest absolute Gasteiger partial charge is 0.306 e. The average molecular weight is 476 g/mol. The van der Waals surface area contributed by atoms with Crippen molar-refractivity contribution in [1.82, 2.24) is 19.9 Å². The topological polar surface area (TPSA) is 99.8 Å². The molecule has 1 spiro atoms. The zero-order chi connectivity index (χ0) is 24.6. The van der Waals surface area contributed by atoms with Crippen LogP contribution in [0, 0.1) is 24.2 Å². The van der Waals surface area contributed by atoms with Crippen LogP contribution in [0.2, 0.25) is 0 Å². The fourth-order valence-electron chi connectivity index (χ4n) is 5.79. The van der Waals surface area contributed by atoms with E-state index in [0.717, 1.165) is 50.0 Å². The van der Waals surface area contributed by atoms with E-state index in [-0.39, 0.29) is 29.1 Å². The molecule has 8 heteroatoms. The van der Waals surface area contributed by atoms with Crippen molar-refractivity contribution < 1.29 is 14.7 Å². The number of aryl methyl sites for hydroxylation is 1. The Balaban J connectivity index is 0.000000371. The van der Waals surface area contributed by atoms with E-state index >= 15 is 0 Å². The number of rotatable bonds is 4. The molecule has 1 amide bonds. The minimum Gasteiger partial charge on any atom is -0.481 e. The third kappa shape index (κ3) is 4.88. The van der Waals surface area contributed by atoms with Gasteiger partial charge < -0.3 is 15.3 Å². The van der Waals surface area contributed by atoms with Gasteiger partial charge in [0.25, 0.3) is 5.91 Å². The first-order chi connectivity index (χ1) is 16.8. The maximum absolute atomic E-state index is 12.6. The van der Waals surface area contributed by atoms with Gasteiger partial charge in [-0.05, 0) is 62.0 Å². The van der Waals surface area contributed by atoms with Gasteiger partial charge in [0.05, 0.1) is 17.8 Å². The summed E-state index contributed by atoms with van der Waals surface area (Å²) in [6.07, 6.45) is 6.33. The summed E-state index contributed by atoms with van der Waals surface area (Å²) in [5, 5.41) is 16.5. The number of pyridine rings is 1. The Labute approximate surface area is 205 Å². The molecule has 3 aromatic rings. The van der Waals surface area contributed by atoms with Gasteiger partial charge in [-0.2, -0.15) is 0 Å². The molecule has 3 heterocycles. The maximum atomic E-state index is 12.6. The number of anilines is 1. The van der Waals surface area contributed by atoms with Crippen LogP contribution in [0.4, 0.5) is 5.69 Å². The molecule has 0 bridgehead atoms. The Hall–Kier alpha value is -3.42. The summed E-state index contributed by atoms with van der Waals surface area (Å²) in [6, 6.07) is 14.2. The lowest BCUT2D eigenvalue weighted by Crippen LogP contribution is -2.57. The number of aliphatic carboxylic acids is 1. The summed E-state index contributed by atoms with van der Waals surface area (Å²) in [7, 11) is 0. The second-order valence-electron chi connectivity index (χ2n) is 10.6. The number of carboxylic acids is 1. The highest BCUT2D eigenvalue weighted by atomic mass is 16.4. The first kappa shape index (κ1) is 23.3. The quantitative estimate of drug-likeness (QED) is 0.593. The molecular weight excluding hydrogens is 442 g/mol. The Bertz CT molecular complexity index is 1180. The molecule has 3 aliphatic rings. The number of nitrogens with zero attached hydrogens (tertiary/aromatic N) is 4. The van der Waals surface area contributed by atoms with Gasteiger partial charge >= 0.3 is 5.97 Å². The third-order valence-electron chi connectivity index (χ3n) is 7.66. The summed E-state index contributed by atoms with van der Waals surface area (Å²) >= 11 is 0. The number of aromatic nitrogens is 3. The standard InChI is InChI=1S/C21H27N5O3.C6H6/c1-12-3-4-25(10-12)16-5-13(2)18-23-17(24-26(18)11-16)19(27)22-15-8-21(9-15)6-14(7-21)20(28)29;1-2-4-6-5-3-1/h5,11-12,14-15H,3-4,6-10H2,1-2H3,(H,22,27)(H,28,29);1-6H. The number of fused-ring (bicyclic) bond motifs is 1. The monoisotopic (exact) mass is 475 g/mol. The molecule has 8 nitrogen and oxygen atoms in total. The van der Waals surface area contributed by atoms with E-state index < -0.39 is 5.97 Å². The first-order valence-electron chi connectivity index (χ1n) is 12.5. The highest BCUT2D eigenvalue weighted by Gasteiger charge is 2.55. The lowest BCUT2D eigenvalue weighted by molar-refractivity contribution is -0.155. The molecule has 1 atom stereocenters. The summed E-state index contributed by atoms with van der Waals surface area (Å²) in [5.41, 5.74) is 2.96. The second-order valence-corrected chi connectivity index (χ2v) is 10.6. The molecule has 2 saturated carbocycles. The molecule has 2 aliphatic carbocycles. The molecule has 1 unspecified atom stereocenters. The molecule has 1 aromatic carbocycles.